The van der Waals surface area contributed by atoms with E-state index >= 15 is 0 Å². The van der Waals surface area contributed by atoms with E-state index in [0.717, 1.165) is 26.6 Å². The van der Waals surface area contributed by atoms with Crippen molar-refractivity contribution in [2.75, 3.05) is 7.11 Å². The van der Waals surface area contributed by atoms with Crippen molar-refractivity contribution in [2.24, 2.45) is 5.84 Å². The second-order valence-electron chi connectivity index (χ2n) is 5.49. The number of allylic oxidation sites excluding steroid dienone is 3. The highest BCUT2D eigenvalue weighted by Gasteiger charge is 2.38. The van der Waals surface area contributed by atoms with Crippen LogP contribution in [0.5, 0.6) is 0 Å². The van der Waals surface area contributed by atoms with Crippen LogP contribution >= 0.6 is 31.9 Å². The molecule has 0 bridgehead atoms. The first-order chi connectivity index (χ1) is 11.5. The summed E-state index contributed by atoms with van der Waals surface area (Å²) in [6.45, 7) is 0. The van der Waals surface area contributed by atoms with Crippen molar-refractivity contribution in [2.45, 2.75) is 10.7 Å². The zero-order valence-corrected chi connectivity index (χ0v) is 16.1. The molecule has 0 aromatic heterocycles. The molecule has 2 aromatic carbocycles. The van der Waals surface area contributed by atoms with E-state index in [-0.39, 0.29) is 5.91 Å². The summed E-state index contributed by atoms with van der Waals surface area (Å²) in [5.74, 6) is 5.85. The van der Waals surface area contributed by atoms with Gasteiger partial charge in [0.25, 0.3) is 5.91 Å². The maximum atomic E-state index is 12.4. The predicted octanol–water partition coefficient (Wildman–Crippen LogP) is 4.25. The van der Waals surface area contributed by atoms with E-state index in [0.29, 0.717) is 12.0 Å². The van der Waals surface area contributed by atoms with Crippen LogP contribution < -0.4 is 11.3 Å². The van der Waals surface area contributed by atoms with Gasteiger partial charge in [-0.1, -0.05) is 62.2 Å². The number of fused-ring (bicyclic) bond motifs is 1. The number of halogens is 2. The molecule has 1 aliphatic carbocycles. The zero-order valence-electron chi connectivity index (χ0n) is 13.0. The van der Waals surface area contributed by atoms with Gasteiger partial charge in [0.15, 0.2) is 0 Å². The Hall–Kier alpha value is -1.63. The molecule has 3 N–H and O–H groups in total. The molecular weight excluding hydrogens is 436 g/mol. The van der Waals surface area contributed by atoms with Crippen LogP contribution in [-0.4, -0.2) is 13.0 Å². The molecule has 3 rings (SSSR count). The van der Waals surface area contributed by atoms with E-state index < -0.39 is 4.32 Å². The number of benzene rings is 2. The Labute approximate surface area is 157 Å². The molecule has 0 fully saturated rings. The van der Waals surface area contributed by atoms with Crippen LogP contribution in [0.2, 0.25) is 0 Å². The van der Waals surface area contributed by atoms with Gasteiger partial charge in [-0.05, 0) is 41.0 Å². The number of alkyl halides is 1. The number of amides is 1. The average Bonchev–Trinajstić information content (AvgIpc) is 2.62. The maximum Gasteiger partial charge on any atom is 0.265 e. The Bertz CT molecular complexity index is 876. The highest BCUT2D eigenvalue weighted by Crippen LogP contribution is 2.51. The van der Waals surface area contributed by atoms with Crippen LogP contribution in [0.15, 0.2) is 58.8 Å². The highest BCUT2D eigenvalue weighted by molar-refractivity contribution is 9.14. The normalized spacial score (nSPS) is 20.3. The lowest BCUT2D eigenvalue weighted by Gasteiger charge is -2.32. The number of hydrogen-bond donors (Lipinski definition) is 2. The summed E-state index contributed by atoms with van der Waals surface area (Å²) in [6, 6.07) is 11.7. The highest BCUT2D eigenvalue weighted by atomic mass is 79.9. The quantitative estimate of drug-likeness (QED) is 0.317. The van der Waals surface area contributed by atoms with Crippen molar-refractivity contribution in [3.8, 4) is 0 Å². The standard InChI is InChI=1S/C18H16Br2N2O2/c1-24-12-8-9-18(20,15(19)10-12)16-13-5-3-2-4-11(13)6-7-14(16)17(23)22-21/h2-8,10H,9,21H2,1H3,(H,22,23). The summed E-state index contributed by atoms with van der Waals surface area (Å²) < 4.78 is 5.63. The molecule has 2 aromatic rings. The van der Waals surface area contributed by atoms with Crippen LogP contribution in [0.4, 0.5) is 0 Å². The molecule has 24 heavy (non-hydrogen) atoms. The number of hydrogen-bond acceptors (Lipinski definition) is 3. The third-order valence-corrected chi connectivity index (χ3v) is 6.75. The summed E-state index contributed by atoms with van der Waals surface area (Å²) in [4.78, 5) is 12.4. The van der Waals surface area contributed by atoms with Gasteiger partial charge in [0.2, 0.25) is 0 Å². The Morgan fingerprint density at radius 2 is 2.04 bits per heavy atom. The summed E-state index contributed by atoms with van der Waals surface area (Å²) >= 11 is 7.51. The lowest BCUT2D eigenvalue weighted by atomic mass is 9.84. The van der Waals surface area contributed by atoms with Crippen molar-refractivity contribution in [1.82, 2.24) is 5.43 Å². The van der Waals surface area contributed by atoms with Gasteiger partial charge in [-0.15, -0.1) is 0 Å². The van der Waals surface area contributed by atoms with Gasteiger partial charge < -0.3 is 4.74 Å². The van der Waals surface area contributed by atoms with Gasteiger partial charge in [-0.3, -0.25) is 10.2 Å². The Balaban J connectivity index is 2.30. The number of carbonyl (C=O) groups excluding carboxylic acids is 1. The van der Waals surface area contributed by atoms with Crippen molar-refractivity contribution < 1.29 is 9.53 Å². The molecule has 1 unspecified atom stereocenters. The van der Waals surface area contributed by atoms with Crippen molar-refractivity contribution in [3.63, 3.8) is 0 Å². The molecule has 1 atom stereocenters. The van der Waals surface area contributed by atoms with E-state index in [1.54, 1.807) is 13.2 Å². The Morgan fingerprint density at radius 1 is 1.29 bits per heavy atom. The third kappa shape index (κ3) is 2.79. The molecule has 0 spiro atoms. The van der Waals surface area contributed by atoms with Gasteiger partial charge in [0.1, 0.15) is 5.76 Å². The van der Waals surface area contributed by atoms with Crippen molar-refractivity contribution in [1.29, 1.82) is 0 Å². The van der Waals surface area contributed by atoms with E-state index in [9.17, 15) is 4.79 Å². The number of ether oxygens (including phenoxy) is 1. The Kier molecular flexibility index (Phi) is 4.80. The van der Waals surface area contributed by atoms with E-state index in [2.05, 4.69) is 37.3 Å². The molecule has 1 amide bonds. The molecule has 0 saturated carbocycles. The van der Waals surface area contributed by atoms with Gasteiger partial charge in [0, 0.05) is 10.0 Å². The fourth-order valence-corrected chi connectivity index (χ4v) is 4.26. The first kappa shape index (κ1) is 17.2. The lowest BCUT2D eigenvalue weighted by Crippen LogP contribution is -2.33. The van der Waals surface area contributed by atoms with Crippen LogP contribution in [0.25, 0.3) is 10.8 Å². The molecule has 124 valence electrons. The maximum absolute atomic E-state index is 12.4. The number of carbonyl (C=O) groups is 1. The summed E-state index contributed by atoms with van der Waals surface area (Å²) in [7, 11) is 1.63. The summed E-state index contributed by atoms with van der Waals surface area (Å²) in [5, 5.41) is 2.05. The second kappa shape index (κ2) is 6.70. The van der Waals surface area contributed by atoms with Gasteiger partial charge in [-0.25, -0.2) is 5.84 Å². The summed E-state index contributed by atoms with van der Waals surface area (Å²) in [5.41, 5.74) is 3.65. The molecule has 0 saturated heterocycles. The van der Waals surface area contributed by atoms with Crippen LogP contribution in [0.1, 0.15) is 22.3 Å². The minimum atomic E-state index is -0.572. The molecule has 0 aliphatic heterocycles. The number of rotatable bonds is 3. The SMILES string of the molecule is COC1=CCC(Br)(c2c(C(=O)NN)ccc3ccccc23)C(Br)=C1. The predicted molar refractivity (Wildman–Crippen MR) is 103 cm³/mol. The van der Waals surface area contributed by atoms with Crippen LogP contribution in [0.3, 0.4) is 0 Å². The molecule has 1 aliphatic rings. The first-order valence-electron chi connectivity index (χ1n) is 7.35. The second-order valence-corrected chi connectivity index (χ2v) is 7.70. The molecule has 6 heteroatoms. The summed E-state index contributed by atoms with van der Waals surface area (Å²) in [6.07, 6.45) is 4.53. The number of hydrazine groups is 1. The fourth-order valence-electron chi connectivity index (χ4n) is 2.97. The lowest BCUT2D eigenvalue weighted by molar-refractivity contribution is 0.0952. The topological polar surface area (TPSA) is 64.3 Å². The number of methoxy groups -OCH3 is 1. The van der Waals surface area contributed by atoms with E-state index in [1.807, 2.05) is 42.5 Å². The average molecular weight is 452 g/mol. The minimum absolute atomic E-state index is 0.323. The number of nitrogen functional groups attached to an aromatic ring is 1. The third-order valence-electron chi connectivity index (χ3n) is 4.17. The van der Waals surface area contributed by atoms with Gasteiger partial charge >= 0.3 is 0 Å². The monoisotopic (exact) mass is 450 g/mol. The molecular formula is C18H16Br2N2O2. The number of nitrogens with one attached hydrogen (secondary N) is 1. The fraction of sp³-hybridized carbons (Fsp3) is 0.167. The molecule has 4 nitrogen and oxygen atoms in total. The van der Waals surface area contributed by atoms with Gasteiger partial charge in [-0.2, -0.15) is 0 Å². The van der Waals surface area contributed by atoms with E-state index in [4.69, 9.17) is 10.6 Å². The van der Waals surface area contributed by atoms with E-state index in [1.165, 1.54) is 0 Å². The number of nitrogens with two attached hydrogens (primary N) is 1. The van der Waals surface area contributed by atoms with Gasteiger partial charge in [0.05, 0.1) is 11.4 Å². The molecule has 0 heterocycles. The largest absolute Gasteiger partial charge is 0.497 e. The van der Waals surface area contributed by atoms with Crippen LogP contribution in [-0.2, 0) is 9.06 Å². The van der Waals surface area contributed by atoms with Crippen molar-refractivity contribution >= 4 is 48.5 Å². The van der Waals surface area contributed by atoms with Crippen molar-refractivity contribution in [3.05, 3.63) is 69.9 Å². The smallest absolute Gasteiger partial charge is 0.265 e. The van der Waals surface area contributed by atoms with Crippen LogP contribution in [0, 0.1) is 0 Å². The Morgan fingerprint density at radius 3 is 2.71 bits per heavy atom. The zero-order chi connectivity index (χ0) is 17.3. The first-order valence-corrected chi connectivity index (χ1v) is 8.93. The molecule has 0 radical (unpaired) electrons. The minimum Gasteiger partial charge on any atom is -0.497 e.